The first-order chi connectivity index (χ1) is 9.45. The van der Waals surface area contributed by atoms with Gasteiger partial charge in [0.05, 0.1) is 6.54 Å². The van der Waals surface area contributed by atoms with Crippen molar-refractivity contribution in [3.05, 3.63) is 35.4 Å². The fraction of sp³-hybridized carbons (Fsp3) is 0.562. The zero-order chi connectivity index (χ0) is 14.7. The van der Waals surface area contributed by atoms with E-state index in [0.717, 1.165) is 13.0 Å². The van der Waals surface area contributed by atoms with E-state index in [9.17, 15) is 4.79 Å². The summed E-state index contributed by atoms with van der Waals surface area (Å²) in [6, 6.07) is 8.72. The highest BCUT2D eigenvalue weighted by Gasteiger charge is 2.27. The minimum Gasteiger partial charge on any atom is -0.480 e. The molecule has 1 heterocycles. The Morgan fingerprint density at radius 2 is 2.00 bits per heavy atom. The lowest BCUT2D eigenvalue weighted by atomic mass is 9.87. The topological polar surface area (TPSA) is 66.6 Å². The predicted molar refractivity (Wildman–Crippen MR) is 79.9 cm³/mol. The number of nitrogens with two attached hydrogens (primary N) is 1. The molecule has 0 spiro atoms. The molecule has 4 heteroatoms. The summed E-state index contributed by atoms with van der Waals surface area (Å²) in [6.07, 6.45) is 0.928. The first-order valence-electron chi connectivity index (χ1n) is 7.25. The molecule has 0 bridgehead atoms. The molecule has 1 fully saturated rings. The largest absolute Gasteiger partial charge is 0.480 e. The Hall–Kier alpha value is -1.39. The van der Waals surface area contributed by atoms with Crippen molar-refractivity contribution in [2.75, 3.05) is 19.6 Å². The molecular formula is C16H24N2O2. The first kappa shape index (κ1) is 15.0. The number of carbonyl (C=O) groups is 1. The third-order valence-corrected chi connectivity index (χ3v) is 3.99. The summed E-state index contributed by atoms with van der Waals surface area (Å²) in [5.41, 5.74) is 8.67. The summed E-state index contributed by atoms with van der Waals surface area (Å²) in [4.78, 5) is 12.8. The van der Waals surface area contributed by atoms with Gasteiger partial charge in [-0.1, -0.05) is 38.1 Å². The van der Waals surface area contributed by atoms with Crippen LogP contribution in [0.25, 0.3) is 0 Å². The van der Waals surface area contributed by atoms with Gasteiger partial charge in [0.15, 0.2) is 0 Å². The summed E-state index contributed by atoms with van der Waals surface area (Å²) in [5.74, 6) is 0.0773. The number of hydrogen-bond donors (Lipinski definition) is 2. The molecule has 0 saturated carbocycles. The van der Waals surface area contributed by atoms with Crippen molar-refractivity contribution >= 4 is 5.97 Å². The van der Waals surface area contributed by atoms with E-state index in [1.54, 1.807) is 0 Å². The second kappa shape index (κ2) is 6.37. The molecule has 0 radical (unpaired) electrons. The SMILES string of the molecule is CC(C)c1ccc(C2CC(N)CN(CC(=O)O)C2)cc1. The Morgan fingerprint density at radius 3 is 2.55 bits per heavy atom. The molecule has 1 aromatic rings. The zero-order valence-electron chi connectivity index (χ0n) is 12.2. The molecule has 0 aliphatic carbocycles. The Kier molecular flexibility index (Phi) is 4.78. The molecule has 2 rings (SSSR count). The van der Waals surface area contributed by atoms with Gasteiger partial charge in [0, 0.05) is 19.1 Å². The highest BCUT2D eigenvalue weighted by molar-refractivity contribution is 5.69. The predicted octanol–water partition coefficient (Wildman–Crippen LogP) is 2.01. The standard InChI is InChI=1S/C16H24N2O2/c1-11(2)12-3-5-13(6-4-12)14-7-15(17)9-18(8-14)10-16(19)20/h3-6,11,14-15H,7-10,17H2,1-2H3,(H,19,20). The second-order valence-corrected chi connectivity index (χ2v) is 6.10. The number of rotatable bonds is 4. The maximum Gasteiger partial charge on any atom is 0.317 e. The average Bonchev–Trinajstić information content (AvgIpc) is 2.37. The van der Waals surface area contributed by atoms with Crippen LogP contribution in [0, 0.1) is 0 Å². The van der Waals surface area contributed by atoms with E-state index in [1.807, 2.05) is 4.90 Å². The van der Waals surface area contributed by atoms with Gasteiger partial charge in [-0.15, -0.1) is 0 Å². The third-order valence-electron chi connectivity index (χ3n) is 3.99. The van der Waals surface area contributed by atoms with Crippen LogP contribution in [0.3, 0.4) is 0 Å². The second-order valence-electron chi connectivity index (χ2n) is 6.10. The van der Waals surface area contributed by atoms with Crippen LogP contribution in [-0.2, 0) is 4.79 Å². The normalized spacial score (nSPS) is 24.0. The summed E-state index contributed by atoms with van der Waals surface area (Å²) in [5, 5.41) is 8.92. The molecule has 0 amide bonds. The van der Waals surface area contributed by atoms with Gasteiger partial charge in [0.1, 0.15) is 0 Å². The molecule has 4 nitrogen and oxygen atoms in total. The minimum atomic E-state index is -0.784. The summed E-state index contributed by atoms with van der Waals surface area (Å²) in [6.45, 7) is 5.89. The maximum atomic E-state index is 10.9. The number of nitrogens with zero attached hydrogens (tertiary/aromatic N) is 1. The van der Waals surface area contributed by atoms with Gasteiger partial charge in [0.25, 0.3) is 0 Å². The van der Waals surface area contributed by atoms with E-state index < -0.39 is 5.97 Å². The molecule has 0 aromatic heterocycles. The van der Waals surface area contributed by atoms with Gasteiger partial charge in [-0.3, -0.25) is 9.69 Å². The number of benzene rings is 1. The highest BCUT2D eigenvalue weighted by atomic mass is 16.4. The number of likely N-dealkylation sites (tertiary alicyclic amines) is 1. The summed E-state index contributed by atoms with van der Waals surface area (Å²) in [7, 11) is 0. The molecule has 1 aromatic carbocycles. The van der Waals surface area contributed by atoms with Crippen molar-refractivity contribution in [1.29, 1.82) is 0 Å². The Bertz CT molecular complexity index is 456. The van der Waals surface area contributed by atoms with Crippen LogP contribution in [0.1, 0.15) is 43.2 Å². The number of piperidine rings is 1. The molecule has 110 valence electrons. The molecule has 2 atom stereocenters. The van der Waals surface area contributed by atoms with E-state index in [4.69, 9.17) is 10.8 Å². The van der Waals surface area contributed by atoms with Crippen molar-refractivity contribution < 1.29 is 9.90 Å². The van der Waals surface area contributed by atoms with E-state index in [-0.39, 0.29) is 12.6 Å². The Labute approximate surface area is 120 Å². The highest BCUT2D eigenvalue weighted by Crippen LogP contribution is 2.27. The van der Waals surface area contributed by atoms with Gasteiger partial charge in [-0.05, 0) is 29.4 Å². The van der Waals surface area contributed by atoms with Crippen molar-refractivity contribution in [2.45, 2.75) is 38.1 Å². The average molecular weight is 276 g/mol. The van der Waals surface area contributed by atoms with Crippen molar-refractivity contribution in [3.63, 3.8) is 0 Å². The van der Waals surface area contributed by atoms with Crippen LogP contribution in [0.15, 0.2) is 24.3 Å². The lowest BCUT2D eigenvalue weighted by Crippen LogP contribution is -2.47. The third kappa shape index (κ3) is 3.81. The number of hydrogen-bond acceptors (Lipinski definition) is 3. The molecule has 1 aliphatic rings. The lowest BCUT2D eigenvalue weighted by Gasteiger charge is -2.35. The fourth-order valence-electron chi connectivity index (χ4n) is 2.95. The zero-order valence-corrected chi connectivity index (χ0v) is 12.2. The Morgan fingerprint density at radius 1 is 1.35 bits per heavy atom. The molecule has 1 saturated heterocycles. The van der Waals surface area contributed by atoms with E-state index in [0.29, 0.717) is 18.4 Å². The van der Waals surface area contributed by atoms with Gasteiger partial charge < -0.3 is 10.8 Å². The lowest BCUT2D eigenvalue weighted by molar-refractivity contribution is -0.138. The van der Waals surface area contributed by atoms with Crippen LogP contribution >= 0.6 is 0 Å². The summed E-state index contributed by atoms with van der Waals surface area (Å²) >= 11 is 0. The molecule has 1 aliphatic heterocycles. The van der Waals surface area contributed by atoms with E-state index in [1.165, 1.54) is 11.1 Å². The first-order valence-corrected chi connectivity index (χ1v) is 7.25. The molecule has 2 unspecified atom stereocenters. The van der Waals surface area contributed by atoms with E-state index >= 15 is 0 Å². The molecule has 3 N–H and O–H groups in total. The van der Waals surface area contributed by atoms with Crippen molar-refractivity contribution in [2.24, 2.45) is 5.73 Å². The number of carboxylic acids is 1. The van der Waals surface area contributed by atoms with Gasteiger partial charge in [-0.25, -0.2) is 0 Å². The van der Waals surface area contributed by atoms with Crippen LogP contribution in [0.2, 0.25) is 0 Å². The van der Waals surface area contributed by atoms with Crippen LogP contribution < -0.4 is 5.73 Å². The van der Waals surface area contributed by atoms with Crippen molar-refractivity contribution in [3.8, 4) is 0 Å². The monoisotopic (exact) mass is 276 g/mol. The van der Waals surface area contributed by atoms with Crippen molar-refractivity contribution in [1.82, 2.24) is 4.90 Å². The fourth-order valence-corrected chi connectivity index (χ4v) is 2.95. The summed E-state index contributed by atoms with van der Waals surface area (Å²) < 4.78 is 0. The maximum absolute atomic E-state index is 10.9. The quantitative estimate of drug-likeness (QED) is 0.883. The van der Waals surface area contributed by atoms with Gasteiger partial charge in [-0.2, -0.15) is 0 Å². The minimum absolute atomic E-state index is 0.0536. The van der Waals surface area contributed by atoms with Crippen LogP contribution in [0.5, 0.6) is 0 Å². The number of carboxylic acid groups (broad SMARTS) is 1. The Balaban J connectivity index is 2.08. The molecule has 20 heavy (non-hydrogen) atoms. The van der Waals surface area contributed by atoms with Crippen LogP contribution in [0.4, 0.5) is 0 Å². The van der Waals surface area contributed by atoms with E-state index in [2.05, 4.69) is 38.1 Å². The van der Waals surface area contributed by atoms with Crippen LogP contribution in [-0.4, -0.2) is 41.7 Å². The van der Waals surface area contributed by atoms with Gasteiger partial charge >= 0.3 is 5.97 Å². The smallest absolute Gasteiger partial charge is 0.317 e. The van der Waals surface area contributed by atoms with Gasteiger partial charge in [0.2, 0.25) is 0 Å². The number of aliphatic carboxylic acids is 1. The molecular weight excluding hydrogens is 252 g/mol.